The molecule has 0 aromatic heterocycles. The molecule has 1 aliphatic heterocycles. The molecule has 1 heterocycles. The fourth-order valence-corrected chi connectivity index (χ4v) is 4.24. The van der Waals surface area contributed by atoms with Gasteiger partial charge in [0.1, 0.15) is 12.3 Å². The Balaban J connectivity index is 1.60. The van der Waals surface area contributed by atoms with Gasteiger partial charge in [0.05, 0.1) is 11.4 Å². The first-order chi connectivity index (χ1) is 16.9. The van der Waals surface area contributed by atoms with Crippen molar-refractivity contribution in [2.75, 3.05) is 31.1 Å². The van der Waals surface area contributed by atoms with Crippen molar-refractivity contribution in [3.8, 4) is 5.75 Å². The van der Waals surface area contributed by atoms with Crippen LogP contribution in [0.4, 0.5) is 11.4 Å². The van der Waals surface area contributed by atoms with E-state index in [0.29, 0.717) is 6.61 Å². The maximum absolute atomic E-state index is 6.51. The first kappa shape index (κ1) is 21.9. The first-order valence-corrected chi connectivity index (χ1v) is 11.8. The van der Waals surface area contributed by atoms with Crippen LogP contribution < -0.4 is 15.0 Å². The average molecular weight is 448 g/mol. The van der Waals surface area contributed by atoms with Crippen LogP contribution >= 0.6 is 0 Å². The third-order valence-corrected chi connectivity index (χ3v) is 5.98. The Hall–Kier alpha value is -3.89. The van der Waals surface area contributed by atoms with E-state index in [0.717, 1.165) is 65.7 Å². The molecular formula is C30H29N3O. The van der Waals surface area contributed by atoms with Gasteiger partial charge in [0.2, 0.25) is 0 Å². The zero-order valence-electron chi connectivity index (χ0n) is 19.2. The van der Waals surface area contributed by atoms with Crippen molar-refractivity contribution in [2.24, 2.45) is 4.99 Å². The summed E-state index contributed by atoms with van der Waals surface area (Å²) in [5, 5.41) is 3.44. The minimum atomic E-state index is 0.498. The number of benzene rings is 4. The lowest BCUT2D eigenvalue weighted by Gasteiger charge is -2.31. The van der Waals surface area contributed by atoms with Crippen molar-refractivity contribution in [1.29, 1.82) is 0 Å². The number of piperazine rings is 1. The van der Waals surface area contributed by atoms with Gasteiger partial charge in [0.15, 0.2) is 5.75 Å². The van der Waals surface area contributed by atoms with Crippen LogP contribution in [0, 0.1) is 0 Å². The van der Waals surface area contributed by atoms with Gasteiger partial charge < -0.3 is 15.0 Å². The molecule has 0 saturated carbocycles. The van der Waals surface area contributed by atoms with E-state index >= 15 is 0 Å². The zero-order chi connectivity index (χ0) is 23.0. The summed E-state index contributed by atoms with van der Waals surface area (Å²) >= 11 is 0. The molecule has 4 nitrogen and oxygen atoms in total. The van der Waals surface area contributed by atoms with Crippen LogP contribution in [0.25, 0.3) is 0 Å². The quantitative estimate of drug-likeness (QED) is 0.361. The van der Waals surface area contributed by atoms with Gasteiger partial charge in [-0.05, 0) is 17.7 Å². The molecule has 0 atom stereocenters. The number of rotatable bonds is 7. The minimum Gasteiger partial charge on any atom is -0.484 e. The Morgan fingerprint density at radius 2 is 1.29 bits per heavy atom. The smallest absolute Gasteiger partial charge is 0.168 e. The van der Waals surface area contributed by atoms with Crippen LogP contribution in [0.15, 0.2) is 114 Å². The Kier molecular flexibility index (Phi) is 6.98. The van der Waals surface area contributed by atoms with Gasteiger partial charge in [-0.2, -0.15) is 0 Å². The second-order valence-electron chi connectivity index (χ2n) is 8.33. The lowest BCUT2D eigenvalue weighted by Crippen LogP contribution is -2.43. The highest BCUT2D eigenvalue weighted by Gasteiger charge is 2.19. The molecule has 4 aromatic rings. The molecular weight excluding hydrogens is 418 g/mol. The number of para-hydroxylation sites is 1. The van der Waals surface area contributed by atoms with E-state index in [2.05, 4.69) is 89.1 Å². The number of anilines is 1. The van der Waals surface area contributed by atoms with Gasteiger partial charge in [0.25, 0.3) is 0 Å². The summed E-state index contributed by atoms with van der Waals surface area (Å²) in [4.78, 5) is 7.61. The third kappa shape index (κ3) is 5.19. The van der Waals surface area contributed by atoms with Gasteiger partial charge in [-0.1, -0.05) is 97.1 Å². The van der Waals surface area contributed by atoms with E-state index in [4.69, 9.17) is 9.73 Å². The van der Waals surface area contributed by atoms with E-state index in [-0.39, 0.29) is 0 Å². The molecule has 5 rings (SSSR count). The van der Waals surface area contributed by atoms with Gasteiger partial charge in [-0.3, -0.25) is 0 Å². The predicted molar refractivity (Wildman–Crippen MR) is 140 cm³/mol. The van der Waals surface area contributed by atoms with E-state index in [1.165, 1.54) is 0 Å². The largest absolute Gasteiger partial charge is 0.484 e. The SMILES string of the molecule is c1ccc(COc2c(N=C(c3ccccc3)c3ccccc3)cccc2N2CCNCC2)cc1. The maximum Gasteiger partial charge on any atom is 0.168 e. The van der Waals surface area contributed by atoms with Crippen molar-refractivity contribution >= 4 is 17.1 Å². The van der Waals surface area contributed by atoms with Crippen molar-refractivity contribution in [1.82, 2.24) is 5.32 Å². The molecule has 0 bridgehead atoms. The van der Waals surface area contributed by atoms with E-state index < -0.39 is 0 Å². The minimum absolute atomic E-state index is 0.498. The molecule has 4 aromatic carbocycles. The molecule has 0 spiro atoms. The Bertz CT molecular complexity index is 1180. The molecule has 0 radical (unpaired) electrons. The lowest BCUT2D eigenvalue weighted by atomic mass is 10.0. The number of nitrogens with one attached hydrogen (secondary N) is 1. The van der Waals surface area contributed by atoms with Crippen LogP contribution in [0.2, 0.25) is 0 Å². The van der Waals surface area contributed by atoms with Crippen LogP contribution in [-0.4, -0.2) is 31.9 Å². The van der Waals surface area contributed by atoms with E-state index in [1.807, 2.05) is 30.3 Å². The molecule has 1 N–H and O–H groups in total. The highest BCUT2D eigenvalue weighted by atomic mass is 16.5. The molecule has 34 heavy (non-hydrogen) atoms. The predicted octanol–water partition coefficient (Wildman–Crippen LogP) is 5.84. The summed E-state index contributed by atoms with van der Waals surface area (Å²) in [6.45, 7) is 4.31. The maximum atomic E-state index is 6.51. The third-order valence-electron chi connectivity index (χ3n) is 5.98. The molecule has 1 aliphatic rings. The highest BCUT2D eigenvalue weighted by Crippen LogP contribution is 2.39. The number of hydrogen-bond donors (Lipinski definition) is 1. The lowest BCUT2D eigenvalue weighted by molar-refractivity contribution is 0.307. The van der Waals surface area contributed by atoms with Gasteiger partial charge >= 0.3 is 0 Å². The number of aliphatic imine (C=N–C) groups is 1. The van der Waals surface area contributed by atoms with Crippen LogP contribution in [0.1, 0.15) is 16.7 Å². The fourth-order valence-electron chi connectivity index (χ4n) is 4.24. The van der Waals surface area contributed by atoms with Gasteiger partial charge in [0, 0.05) is 37.3 Å². The number of hydrogen-bond acceptors (Lipinski definition) is 4. The number of ether oxygens (including phenoxy) is 1. The van der Waals surface area contributed by atoms with Crippen molar-refractivity contribution < 1.29 is 4.74 Å². The topological polar surface area (TPSA) is 36.9 Å². The van der Waals surface area contributed by atoms with Crippen LogP contribution in [0.3, 0.4) is 0 Å². The average Bonchev–Trinajstić information content (AvgIpc) is 2.93. The molecule has 170 valence electrons. The Morgan fingerprint density at radius 3 is 1.91 bits per heavy atom. The first-order valence-electron chi connectivity index (χ1n) is 11.8. The van der Waals surface area contributed by atoms with Crippen LogP contribution in [0.5, 0.6) is 5.75 Å². The summed E-state index contributed by atoms with van der Waals surface area (Å²) in [7, 11) is 0. The molecule has 0 unspecified atom stereocenters. The van der Waals surface area contributed by atoms with Crippen LogP contribution in [-0.2, 0) is 6.61 Å². The van der Waals surface area contributed by atoms with Gasteiger partial charge in [-0.15, -0.1) is 0 Å². The fraction of sp³-hybridized carbons (Fsp3) is 0.167. The summed E-state index contributed by atoms with van der Waals surface area (Å²) in [6.07, 6.45) is 0. The standard InChI is InChI=1S/C30H29N3O/c1-4-11-24(12-5-1)23-34-30-27(17-10-18-28(30)33-21-19-31-20-22-33)32-29(25-13-6-2-7-14-25)26-15-8-3-9-16-26/h1-18,31H,19-23H2. The Morgan fingerprint density at radius 1 is 0.706 bits per heavy atom. The second-order valence-corrected chi connectivity index (χ2v) is 8.33. The molecule has 1 fully saturated rings. The zero-order valence-corrected chi connectivity index (χ0v) is 19.2. The Labute approximate surface area is 201 Å². The summed E-state index contributed by atoms with van der Waals surface area (Å²) in [5.41, 5.74) is 6.17. The van der Waals surface area contributed by atoms with E-state index in [9.17, 15) is 0 Å². The molecule has 0 aliphatic carbocycles. The summed E-state index contributed by atoms with van der Waals surface area (Å²) in [6, 6.07) is 37.3. The van der Waals surface area contributed by atoms with Crippen molar-refractivity contribution in [2.45, 2.75) is 6.61 Å². The van der Waals surface area contributed by atoms with Crippen molar-refractivity contribution in [3.63, 3.8) is 0 Å². The monoisotopic (exact) mass is 447 g/mol. The summed E-state index contributed by atoms with van der Waals surface area (Å²) < 4.78 is 6.51. The van der Waals surface area contributed by atoms with Gasteiger partial charge in [-0.25, -0.2) is 4.99 Å². The molecule has 0 amide bonds. The summed E-state index contributed by atoms with van der Waals surface area (Å²) in [5.74, 6) is 0.831. The second kappa shape index (κ2) is 10.8. The highest BCUT2D eigenvalue weighted by molar-refractivity contribution is 6.14. The molecule has 1 saturated heterocycles. The normalized spacial score (nSPS) is 13.4. The number of nitrogens with zero attached hydrogens (tertiary/aromatic N) is 2. The van der Waals surface area contributed by atoms with Crippen molar-refractivity contribution in [3.05, 3.63) is 126 Å². The molecule has 4 heteroatoms. The van der Waals surface area contributed by atoms with E-state index in [1.54, 1.807) is 0 Å².